The minimum atomic E-state index is -0.892. The summed E-state index contributed by atoms with van der Waals surface area (Å²) < 4.78 is 5.18. The average molecular weight is 294 g/mol. The van der Waals surface area contributed by atoms with Crippen LogP contribution in [-0.4, -0.2) is 18.1 Å². The van der Waals surface area contributed by atoms with E-state index in [1.54, 1.807) is 18.1 Å². The molecule has 2 aliphatic rings. The number of methoxy groups -OCH3 is 1. The molecule has 1 atom stereocenters. The molecule has 2 aromatic rings. The summed E-state index contributed by atoms with van der Waals surface area (Å²) >= 11 is 0. The molecule has 0 saturated carbocycles. The van der Waals surface area contributed by atoms with E-state index in [-0.39, 0.29) is 5.76 Å². The Morgan fingerprint density at radius 1 is 1.14 bits per heavy atom. The lowest BCUT2D eigenvalue weighted by Gasteiger charge is -2.31. The minimum Gasteiger partial charge on any atom is -0.503 e. The first-order chi connectivity index (χ1) is 10.7. The molecule has 0 spiro atoms. The minimum absolute atomic E-state index is 0.252. The number of hydrogen-bond donors (Lipinski definition) is 2. The number of hydrogen-bond acceptors (Lipinski definition) is 4. The monoisotopic (exact) mass is 294 g/mol. The molecule has 2 aliphatic heterocycles. The quantitative estimate of drug-likeness (QED) is 0.894. The highest BCUT2D eigenvalue weighted by Gasteiger charge is 2.52. The molecule has 0 saturated heterocycles. The topological polar surface area (TPSA) is 61.8 Å². The molecule has 0 aromatic heterocycles. The van der Waals surface area contributed by atoms with Gasteiger partial charge in [0.1, 0.15) is 5.75 Å². The highest BCUT2D eigenvalue weighted by Crippen LogP contribution is 2.49. The molecule has 5 nitrogen and oxygen atoms in total. The molecule has 5 heteroatoms. The van der Waals surface area contributed by atoms with Crippen molar-refractivity contribution in [1.29, 1.82) is 0 Å². The van der Waals surface area contributed by atoms with Crippen LogP contribution in [0.15, 0.2) is 60.4 Å². The summed E-state index contributed by atoms with van der Waals surface area (Å²) in [6.07, 6.45) is 1.55. The van der Waals surface area contributed by atoms with E-state index in [1.165, 1.54) is 0 Å². The van der Waals surface area contributed by atoms with Gasteiger partial charge in [0, 0.05) is 11.6 Å². The predicted molar refractivity (Wildman–Crippen MR) is 82.9 cm³/mol. The zero-order valence-corrected chi connectivity index (χ0v) is 11.9. The Morgan fingerprint density at radius 3 is 2.59 bits per heavy atom. The molecule has 0 fully saturated rings. The maximum absolute atomic E-state index is 12.4. The summed E-state index contributed by atoms with van der Waals surface area (Å²) in [6, 6.07) is 15.0. The van der Waals surface area contributed by atoms with Crippen LogP contribution in [0.1, 0.15) is 5.56 Å². The maximum atomic E-state index is 12.4. The number of fused-ring (bicyclic) bond motifs is 3. The summed E-state index contributed by atoms with van der Waals surface area (Å²) in [6.45, 7) is 0. The number of anilines is 2. The van der Waals surface area contributed by atoms with E-state index in [0.717, 1.165) is 22.7 Å². The van der Waals surface area contributed by atoms with Crippen molar-refractivity contribution in [3.63, 3.8) is 0 Å². The van der Waals surface area contributed by atoms with E-state index < -0.39 is 11.6 Å². The number of nitrogens with zero attached hydrogens (tertiary/aromatic N) is 1. The van der Waals surface area contributed by atoms with E-state index in [2.05, 4.69) is 5.32 Å². The van der Waals surface area contributed by atoms with Gasteiger partial charge >= 0.3 is 0 Å². The van der Waals surface area contributed by atoms with Gasteiger partial charge in [-0.2, -0.15) is 0 Å². The molecule has 2 heterocycles. The van der Waals surface area contributed by atoms with Crippen molar-refractivity contribution in [2.75, 3.05) is 17.3 Å². The van der Waals surface area contributed by atoms with Gasteiger partial charge in [-0.1, -0.05) is 24.3 Å². The Morgan fingerprint density at radius 2 is 1.86 bits per heavy atom. The fraction of sp³-hybridized carbons (Fsp3) is 0.118. The van der Waals surface area contributed by atoms with Crippen molar-refractivity contribution in [2.24, 2.45) is 0 Å². The van der Waals surface area contributed by atoms with Gasteiger partial charge in [-0.15, -0.1) is 0 Å². The third-order valence-corrected chi connectivity index (χ3v) is 4.12. The molecule has 0 radical (unpaired) electrons. The van der Waals surface area contributed by atoms with E-state index in [9.17, 15) is 9.90 Å². The van der Waals surface area contributed by atoms with E-state index in [0.29, 0.717) is 0 Å². The fourth-order valence-corrected chi connectivity index (χ4v) is 3.10. The van der Waals surface area contributed by atoms with Crippen LogP contribution in [0.3, 0.4) is 0 Å². The van der Waals surface area contributed by atoms with Crippen molar-refractivity contribution in [1.82, 2.24) is 0 Å². The van der Waals surface area contributed by atoms with Crippen molar-refractivity contribution in [3.05, 3.63) is 65.9 Å². The number of nitrogens with one attached hydrogen (secondary N) is 1. The van der Waals surface area contributed by atoms with Crippen LogP contribution in [0.2, 0.25) is 0 Å². The van der Waals surface area contributed by atoms with Crippen LogP contribution in [0.4, 0.5) is 11.4 Å². The first-order valence-corrected chi connectivity index (χ1v) is 6.94. The van der Waals surface area contributed by atoms with Crippen LogP contribution < -0.4 is 15.0 Å². The molecule has 0 aliphatic carbocycles. The predicted octanol–water partition coefficient (Wildman–Crippen LogP) is 2.76. The van der Waals surface area contributed by atoms with Gasteiger partial charge in [-0.3, -0.25) is 9.69 Å². The van der Waals surface area contributed by atoms with Crippen molar-refractivity contribution in [2.45, 2.75) is 5.66 Å². The summed E-state index contributed by atoms with van der Waals surface area (Å²) in [5.41, 5.74) is 1.57. The van der Waals surface area contributed by atoms with E-state index in [4.69, 9.17) is 4.74 Å². The highest BCUT2D eigenvalue weighted by molar-refractivity contribution is 6.13. The molecular formula is C17H14N2O3. The number of carbonyl (C=O) groups excluding carboxylic acids is 1. The lowest BCUT2D eigenvalue weighted by atomic mass is 10.00. The zero-order valence-electron chi connectivity index (χ0n) is 11.9. The van der Waals surface area contributed by atoms with Gasteiger partial charge in [0.15, 0.2) is 11.4 Å². The van der Waals surface area contributed by atoms with Gasteiger partial charge < -0.3 is 15.2 Å². The third-order valence-electron chi connectivity index (χ3n) is 4.12. The second-order valence-electron chi connectivity index (χ2n) is 5.31. The number of amides is 1. The summed E-state index contributed by atoms with van der Waals surface area (Å²) in [5, 5.41) is 13.3. The Kier molecular flexibility index (Phi) is 2.48. The van der Waals surface area contributed by atoms with Crippen LogP contribution in [0, 0.1) is 0 Å². The first-order valence-electron chi connectivity index (χ1n) is 6.94. The van der Waals surface area contributed by atoms with Gasteiger partial charge in [0.2, 0.25) is 0 Å². The van der Waals surface area contributed by atoms with Crippen LogP contribution in [0.5, 0.6) is 5.75 Å². The van der Waals surface area contributed by atoms with Gasteiger partial charge in [0.25, 0.3) is 5.91 Å². The van der Waals surface area contributed by atoms with Crippen molar-refractivity contribution < 1.29 is 14.6 Å². The first kappa shape index (κ1) is 12.8. The number of benzene rings is 2. The maximum Gasteiger partial charge on any atom is 0.295 e. The number of aliphatic hydroxyl groups is 1. The summed E-state index contributed by atoms with van der Waals surface area (Å²) in [5.74, 6) is 0.0748. The highest BCUT2D eigenvalue weighted by atomic mass is 16.5. The Hall–Kier alpha value is -2.95. The molecule has 2 aromatic carbocycles. The normalized spacial score (nSPS) is 22.0. The molecule has 0 bridgehead atoms. The molecule has 1 amide bonds. The number of aliphatic hydroxyl groups excluding tert-OH is 1. The standard InChI is InChI=1S/C17H14N2O3/c1-22-12-8-6-11(7-9-12)17-10-15(20)16(21)19(17)14-5-3-2-4-13(14)18-17/h2-10,18,20H,1H3/t17-/m0/s1. The molecule has 4 rings (SSSR count). The van der Waals surface area contributed by atoms with Gasteiger partial charge in [0.05, 0.1) is 18.5 Å². The molecule has 2 N–H and O–H groups in total. The lowest BCUT2D eigenvalue weighted by molar-refractivity contribution is -0.117. The van der Waals surface area contributed by atoms with Gasteiger partial charge in [-0.25, -0.2) is 0 Å². The lowest BCUT2D eigenvalue weighted by Crippen LogP contribution is -2.45. The second-order valence-corrected chi connectivity index (χ2v) is 5.31. The smallest absolute Gasteiger partial charge is 0.295 e. The van der Waals surface area contributed by atoms with Crippen molar-refractivity contribution >= 4 is 17.3 Å². The van der Waals surface area contributed by atoms with Crippen LogP contribution in [0.25, 0.3) is 0 Å². The number of rotatable bonds is 2. The Bertz CT molecular complexity index is 798. The van der Waals surface area contributed by atoms with E-state index >= 15 is 0 Å². The zero-order chi connectivity index (χ0) is 15.3. The van der Waals surface area contributed by atoms with Crippen LogP contribution in [-0.2, 0) is 10.5 Å². The third kappa shape index (κ3) is 1.50. The second kappa shape index (κ2) is 4.27. The van der Waals surface area contributed by atoms with Crippen molar-refractivity contribution in [3.8, 4) is 5.75 Å². The summed E-state index contributed by atoms with van der Waals surface area (Å²) in [4.78, 5) is 14.0. The van der Waals surface area contributed by atoms with E-state index in [1.807, 2.05) is 48.5 Å². The average Bonchev–Trinajstić information content (AvgIpc) is 3.00. The SMILES string of the molecule is COc1ccc([C@]23C=C(O)C(=O)N2c2ccccc2N3)cc1. The van der Waals surface area contributed by atoms with Gasteiger partial charge in [-0.05, 0) is 24.3 Å². The largest absolute Gasteiger partial charge is 0.503 e. The molecule has 110 valence electrons. The number of ether oxygens (including phenoxy) is 1. The molecule has 22 heavy (non-hydrogen) atoms. The summed E-state index contributed by atoms with van der Waals surface area (Å²) in [7, 11) is 1.61. The Balaban J connectivity index is 1.89. The Labute approximate surface area is 127 Å². The fourth-order valence-electron chi connectivity index (χ4n) is 3.10. The molecular weight excluding hydrogens is 280 g/mol. The number of para-hydroxylation sites is 2. The molecule has 0 unspecified atom stereocenters. The van der Waals surface area contributed by atoms with Crippen LogP contribution >= 0.6 is 0 Å². The number of carbonyl (C=O) groups is 1.